The molecule has 0 saturated heterocycles. The van der Waals surface area contributed by atoms with E-state index in [9.17, 15) is 67.7 Å². The maximum atomic E-state index is 14.2. The minimum absolute atomic E-state index is 0.00458. The zero-order valence-corrected chi connectivity index (χ0v) is 87.6. The molecule has 4 fully saturated rings. The van der Waals surface area contributed by atoms with Gasteiger partial charge in [0.15, 0.2) is 0 Å². The molecule has 6 aliphatic heterocycles. The Morgan fingerprint density at radius 1 is 0.448 bits per heavy atom. The number of hydrogen-bond donors (Lipinski definition) is 0. The average Bonchev–Trinajstić information content (AvgIpc) is 1.65. The van der Waals surface area contributed by atoms with Crippen LogP contribution in [0.1, 0.15) is 243 Å². The molecule has 0 radical (unpaired) electrons. The van der Waals surface area contributed by atoms with Crippen LogP contribution in [0.3, 0.4) is 0 Å². The Labute approximate surface area is 851 Å². The van der Waals surface area contributed by atoms with Gasteiger partial charge in [-0.3, -0.25) is 28.8 Å². The van der Waals surface area contributed by atoms with Gasteiger partial charge in [-0.05, 0) is 305 Å². The van der Waals surface area contributed by atoms with Gasteiger partial charge in [0.05, 0.1) is 107 Å². The van der Waals surface area contributed by atoms with E-state index < -0.39 is 112 Å². The molecule has 21 nitrogen and oxygen atoms in total. The molecule has 13 aliphatic rings. The summed E-state index contributed by atoms with van der Waals surface area (Å²) in [5.74, 6) is 3.39. The quantitative estimate of drug-likeness (QED) is 0.0450. The molecule has 145 heavy (non-hydrogen) atoms. The summed E-state index contributed by atoms with van der Waals surface area (Å²) in [6.45, 7) is 15.9. The first-order valence-corrected chi connectivity index (χ1v) is 57.6. The molecule has 0 aromatic heterocycles. The number of Topliss-reactive ketones (excluding diaryl/α,β-unsaturated/α-hetero) is 3. The van der Waals surface area contributed by atoms with Crippen molar-refractivity contribution < 1.29 is 96.2 Å². The maximum Gasteiger partial charge on any atom is 0.394 e. The Morgan fingerprint density at radius 2 is 0.786 bits per heavy atom. The number of benzene rings is 6. The second-order valence-corrected chi connectivity index (χ2v) is 51.5. The van der Waals surface area contributed by atoms with Gasteiger partial charge in [0, 0.05) is 124 Å². The summed E-state index contributed by atoms with van der Waals surface area (Å²) in [6.07, 6.45) is 19.8. The van der Waals surface area contributed by atoms with Gasteiger partial charge < -0.3 is 43.1 Å². The molecule has 0 N–H and O–H groups in total. The zero-order chi connectivity index (χ0) is 103. The number of fused-ring (bicyclic) bond motifs is 12. The highest BCUT2D eigenvalue weighted by atomic mass is 32.2. The van der Waals surface area contributed by atoms with Crippen LogP contribution in [0.25, 0.3) is 0 Å². The van der Waals surface area contributed by atoms with Crippen LogP contribution in [0.4, 0.5) is 43.4 Å². The third kappa shape index (κ3) is 23.8. The fourth-order valence-corrected chi connectivity index (χ4v) is 30.4. The molecule has 15 atom stereocenters. The predicted molar refractivity (Wildman–Crippen MR) is 555 cm³/mol. The molecule has 7 aliphatic carbocycles. The van der Waals surface area contributed by atoms with Crippen LogP contribution < -0.4 is 28.9 Å². The van der Waals surface area contributed by atoms with Crippen molar-refractivity contribution >= 4 is 81.3 Å². The fraction of sp³-hybridized carbons (Fsp3) is 0.565. The van der Waals surface area contributed by atoms with E-state index in [0.717, 1.165) is 159 Å². The molecule has 4 saturated carbocycles. The van der Waals surface area contributed by atoms with Crippen LogP contribution in [-0.4, -0.2) is 193 Å². The Kier molecular flexibility index (Phi) is 32.2. The number of anilines is 3. The Balaban J connectivity index is 0.000000149. The van der Waals surface area contributed by atoms with Gasteiger partial charge in [0.2, 0.25) is 5.78 Å². The van der Waals surface area contributed by atoms with Gasteiger partial charge in [0.1, 0.15) is 34.6 Å². The van der Waals surface area contributed by atoms with Crippen molar-refractivity contribution in [3.63, 3.8) is 0 Å². The topological polar surface area (TPSA) is 256 Å². The number of nitrogens with zero attached hydrogens (tertiary/aromatic N) is 6. The average molecular weight is 2060 g/mol. The number of allylic oxidation sites excluding steroid dienone is 3. The van der Waals surface area contributed by atoms with Crippen molar-refractivity contribution in [1.29, 1.82) is 0 Å². The summed E-state index contributed by atoms with van der Waals surface area (Å²) in [4.78, 5) is 86.9. The zero-order valence-electron chi connectivity index (χ0n) is 85.1. The van der Waals surface area contributed by atoms with Crippen molar-refractivity contribution in [2.24, 2.45) is 59.4 Å². The lowest BCUT2D eigenvalue weighted by Crippen LogP contribution is -2.49. The van der Waals surface area contributed by atoms with Crippen molar-refractivity contribution in [2.75, 3.05) is 130 Å². The monoisotopic (exact) mass is 2050 g/mol. The number of halogens is 6. The van der Waals surface area contributed by atoms with E-state index in [2.05, 4.69) is 133 Å². The number of methoxy groups -OCH3 is 3. The maximum absolute atomic E-state index is 14.2. The van der Waals surface area contributed by atoms with Gasteiger partial charge in [-0.25, -0.2) is 12.6 Å². The molecule has 780 valence electrons. The van der Waals surface area contributed by atoms with E-state index >= 15 is 0 Å². The van der Waals surface area contributed by atoms with Crippen molar-refractivity contribution in [2.45, 2.75) is 249 Å². The number of carbonyl (C=O) groups is 6. The molecule has 0 unspecified atom stereocenters. The van der Waals surface area contributed by atoms with Gasteiger partial charge in [-0.1, -0.05) is 128 Å². The fourth-order valence-electron chi connectivity index (χ4n) is 24.7. The molecule has 19 rings (SSSR count). The third-order valence-corrected chi connectivity index (χ3v) is 39.9. The van der Waals surface area contributed by atoms with Gasteiger partial charge in [-0.2, -0.15) is 39.4 Å². The molecular weight excluding hydrogens is 1920 g/mol. The second-order valence-electron chi connectivity index (χ2n) is 44.2. The van der Waals surface area contributed by atoms with E-state index in [1.54, 1.807) is 70.7 Å². The molecule has 3 spiro atoms. The van der Waals surface area contributed by atoms with E-state index in [0.29, 0.717) is 124 Å². The van der Waals surface area contributed by atoms with E-state index in [4.69, 9.17) is 28.4 Å². The normalized spacial score (nSPS) is 30.3. The SMILES string of the molecule is CC#CC(=O)C[S@@]1(=O)=NC(=O)c2ccc3c(c2)N(C[C@@H]2CC[C@H]2[C@@H](OC)/C=C/CCC1)C[C@@]1(CCCc2cc(C)ccc21)CO3.CO[C@H]1/C=C/CCC[S@@](=O)(CC(=O)CC(C)(C)C(F)(F)F)=NC(=O)c2ccc3c(c2)N(C[C@@H]2CC[C@H]21)C[C@@]1(CCCc2cc(C)ccc21)CO3.CO[C@H]1/C=C/CCC[S@@](=O)(CC(=O)CC2(C(F)(F)F)CC2)=NC(=O)c2ccc3c(c2)N(C[C@@H]2CC[C@H]21)C[C@@]1(CCCc2cc(C)ccc21)CO3. The first-order valence-electron chi connectivity index (χ1n) is 52.0. The molecule has 30 heteroatoms. The third-order valence-electron chi connectivity index (χ3n) is 33.3. The first kappa shape index (κ1) is 107. The number of rotatable bonds is 13. The van der Waals surface area contributed by atoms with Crippen LogP contribution in [-0.2, 0) is 93.3 Å². The smallest absolute Gasteiger partial charge is 0.394 e. The van der Waals surface area contributed by atoms with Crippen LogP contribution in [0.15, 0.2) is 159 Å². The predicted octanol–water partition coefficient (Wildman–Crippen LogP) is 21.8. The lowest BCUT2D eigenvalue weighted by molar-refractivity contribution is -0.213. The number of hydrogen-bond acceptors (Lipinski definition) is 18. The molecule has 6 heterocycles. The summed E-state index contributed by atoms with van der Waals surface area (Å²) in [7, 11) is -4.94. The number of amides is 3. The molecule has 3 amide bonds. The second kappa shape index (κ2) is 43.8. The highest BCUT2D eigenvalue weighted by molar-refractivity contribution is 7.95. The van der Waals surface area contributed by atoms with Crippen molar-refractivity contribution in [3.8, 4) is 29.1 Å². The lowest BCUT2D eigenvalue weighted by atomic mass is 9.68. The summed E-state index contributed by atoms with van der Waals surface area (Å²) in [5.41, 5.74) is 9.99. The number of ether oxygens (including phenoxy) is 6. The van der Waals surface area contributed by atoms with Crippen LogP contribution in [0.5, 0.6) is 17.2 Å². The Bertz CT molecular complexity index is 6260. The first-order chi connectivity index (χ1) is 69.2. The summed E-state index contributed by atoms with van der Waals surface area (Å²) < 4.78 is 175. The van der Waals surface area contributed by atoms with E-state index in [1.165, 1.54) is 50.1 Å². The van der Waals surface area contributed by atoms with E-state index in [-0.39, 0.29) is 81.5 Å². The standard InChI is InChI=1S/C39H47F3N2O5S.C39H49F3N2O5S.C37H44N2O5S/c1-26-9-13-32-27(19-26)7-6-15-37(32)24-44-22-29-10-12-31(29)34(48-2)8-4-3-5-18-50(47,23-30(45)21-38(16-17-38)39(40,41)42)43-36(46)28-11-14-35(49-25-37)33(44)20-28;1-26-11-15-32-27(19-26)9-8-17-38(32)24-44-22-29-12-14-31(29)34(48-4)10-6-5-7-18-50(47,23-30(45)21-37(2,3)39(40,41)42)43-36(46)28-13-16-35(49-25-38)33(44)20-28;1-4-9-30(40)23-45(42)19-7-5-6-11-34(43-3)31-15-13-29(31)22-39-24-37(18-8-10-27-20-26(2)12-16-32(27)37)25-44-35-17-14-28(21-33(35)39)36(41)38-45/h4,8-9,11,13-14,19-20,29,31,34H,3,5-7,10,12,15-18,21-25H2,1-2H3;6,10-11,13,15-16,19-20,29,31,34H,5,7-9,12,14,17-18,21-25H2,1-4H3;6,11-12,14,16-17,20-21,29,31,34H,5,7-8,10,13,15,18-19,22-25H2,1-3H3/b8-4+;10-6+;11-6+/t29-,31+,34-,37-,50+;29-,31+,34-,38-,50+;29-,31+,34-,37-,45+/m000/s1. The lowest BCUT2D eigenvalue weighted by Gasteiger charge is -2.46. The molecule has 6 bridgehead atoms. The summed E-state index contributed by atoms with van der Waals surface area (Å²) >= 11 is 0. The van der Waals surface area contributed by atoms with Crippen molar-refractivity contribution in [3.05, 3.63) is 212 Å². The summed E-state index contributed by atoms with van der Waals surface area (Å²) in [6, 6.07) is 36.0. The molecular formula is C115H140F6N6O15S3. The number of ketones is 3. The summed E-state index contributed by atoms with van der Waals surface area (Å²) in [5, 5.41) is 0. The van der Waals surface area contributed by atoms with Crippen molar-refractivity contribution in [1.82, 2.24) is 0 Å². The van der Waals surface area contributed by atoms with Crippen LogP contribution in [0.2, 0.25) is 0 Å². The van der Waals surface area contributed by atoms with Crippen LogP contribution >= 0.6 is 0 Å². The molecule has 6 aromatic carbocycles. The van der Waals surface area contributed by atoms with Gasteiger partial charge >= 0.3 is 12.4 Å². The number of aryl methyl sites for hydroxylation is 6. The minimum atomic E-state index is -4.61. The number of carbonyl (C=O) groups excluding carboxylic acids is 6. The van der Waals surface area contributed by atoms with Gasteiger partial charge in [0.25, 0.3) is 17.7 Å². The Morgan fingerprint density at radius 3 is 1.09 bits per heavy atom. The van der Waals surface area contributed by atoms with Crippen LogP contribution in [0, 0.1) is 78.9 Å². The largest absolute Gasteiger partial charge is 0.490 e. The van der Waals surface area contributed by atoms with E-state index in [1.807, 2.05) is 30.4 Å². The highest BCUT2D eigenvalue weighted by Crippen LogP contribution is 2.61. The highest BCUT2D eigenvalue weighted by Gasteiger charge is 2.64. The Hall–Kier alpha value is -9.77. The number of alkyl halides is 6. The molecule has 6 aromatic rings. The van der Waals surface area contributed by atoms with Gasteiger partial charge in [-0.15, -0.1) is 0 Å². The minimum Gasteiger partial charge on any atom is -0.490 e.